The van der Waals surface area contributed by atoms with Gasteiger partial charge in [0.25, 0.3) is 0 Å². The Hall–Kier alpha value is -1.90. The first-order chi connectivity index (χ1) is 13.9. The fourth-order valence-electron chi connectivity index (χ4n) is 4.37. The van der Waals surface area contributed by atoms with E-state index in [9.17, 15) is 13.2 Å². The van der Waals surface area contributed by atoms with Gasteiger partial charge in [0.05, 0.1) is 24.9 Å². The smallest absolute Gasteiger partial charge is 0.227 e. The van der Waals surface area contributed by atoms with Gasteiger partial charge in [0.1, 0.15) is 0 Å². The molecule has 158 valence electrons. The SMILES string of the molecule is CS(=O)(=O)N1CCC(OC2CCN(C(=O)Cc3c[nH]c4ccccc34)CC2)CC1. The van der Waals surface area contributed by atoms with Crippen molar-refractivity contribution in [1.82, 2.24) is 14.2 Å². The lowest BCUT2D eigenvalue weighted by atomic mass is 10.0. The first-order valence-corrected chi connectivity index (χ1v) is 12.2. The van der Waals surface area contributed by atoms with Gasteiger partial charge in [-0.2, -0.15) is 0 Å². The lowest BCUT2D eigenvalue weighted by Gasteiger charge is -2.36. The standard InChI is InChI=1S/C21H29N3O4S/c1-29(26,27)24-12-8-18(9-13-24)28-17-6-10-23(11-7-17)21(25)14-16-15-22-20-5-3-2-4-19(16)20/h2-5,15,17-18,22H,6-14H2,1H3. The topological polar surface area (TPSA) is 82.7 Å². The molecule has 8 heteroatoms. The van der Waals surface area contributed by atoms with Crippen LogP contribution in [0.3, 0.4) is 0 Å². The summed E-state index contributed by atoms with van der Waals surface area (Å²) in [5.41, 5.74) is 2.10. The van der Waals surface area contributed by atoms with Gasteiger partial charge in [-0.05, 0) is 37.3 Å². The van der Waals surface area contributed by atoms with E-state index in [1.54, 1.807) is 0 Å². The molecule has 2 aliphatic rings. The fraction of sp³-hybridized carbons (Fsp3) is 0.571. The molecule has 1 amide bonds. The van der Waals surface area contributed by atoms with E-state index in [2.05, 4.69) is 4.98 Å². The van der Waals surface area contributed by atoms with Gasteiger partial charge >= 0.3 is 0 Å². The number of nitrogens with one attached hydrogen (secondary N) is 1. The van der Waals surface area contributed by atoms with Crippen molar-refractivity contribution in [3.8, 4) is 0 Å². The quantitative estimate of drug-likeness (QED) is 0.805. The number of hydrogen-bond donors (Lipinski definition) is 1. The van der Waals surface area contributed by atoms with Crippen LogP contribution in [-0.4, -0.2) is 73.2 Å². The number of carbonyl (C=O) groups excluding carboxylic acids is 1. The number of fused-ring (bicyclic) bond motifs is 1. The molecule has 0 saturated carbocycles. The van der Waals surface area contributed by atoms with Crippen molar-refractivity contribution >= 4 is 26.8 Å². The summed E-state index contributed by atoms with van der Waals surface area (Å²) in [5.74, 6) is 0.162. The van der Waals surface area contributed by atoms with Gasteiger partial charge < -0.3 is 14.6 Å². The molecule has 29 heavy (non-hydrogen) atoms. The average Bonchev–Trinajstić information content (AvgIpc) is 3.11. The maximum atomic E-state index is 12.7. The monoisotopic (exact) mass is 419 g/mol. The molecule has 0 spiro atoms. The summed E-state index contributed by atoms with van der Waals surface area (Å²) < 4.78 is 31.0. The molecule has 2 fully saturated rings. The highest BCUT2D eigenvalue weighted by molar-refractivity contribution is 7.88. The molecular weight excluding hydrogens is 390 g/mol. The minimum absolute atomic E-state index is 0.117. The number of para-hydroxylation sites is 1. The number of hydrogen-bond acceptors (Lipinski definition) is 4. The van der Waals surface area contributed by atoms with E-state index in [1.165, 1.54) is 10.6 Å². The van der Waals surface area contributed by atoms with Crippen LogP contribution in [0.25, 0.3) is 10.9 Å². The second kappa shape index (κ2) is 8.45. The van der Waals surface area contributed by atoms with Crippen LogP contribution in [0.2, 0.25) is 0 Å². The van der Waals surface area contributed by atoms with E-state index in [0.29, 0.717) is 32.6 Å². The summed E-state index contributed by atoms with van der Waals surface area (Å²) >= 11 is 0. The molecule has 1 aromatic carbocycles. The molecule has 0 radical (unpaired) electrons. The van der Waals surface area contributed by atoms with E-state index >= 15 is 0 Å². The molecule has 2 aliphatic heterocycles. The Balaban J connectivity index is 1.24. The van der Waals surface area contributed by atoms with Gasteiger partial charge in [-0.15, -0.1) is 0 Å². The Morgan fingerprint density at radius 2 is 1.69 bits per heavy atom. The van der Waals surface area contributed by atoms with Crippen LogP contribution in [0.4, 0.5) is 0 Å². The molecule has 2 saturated heterocycles. The third-order valence-electron chi connectivity index (χ3n) is 6.07. The average molecular weight is 420 g/mol. The molecule has 2 aromatic rings. The van der Waals surface area contributed by atoms with Crippen LogP contribution < -0.4 is 0 Å². The maximum absolute atomic E-state index is 12.7. The highest BCUT2D eigenvalue weighted by Crippen LogP contribution is 2.23. The number of carbonyl (C=O) groups is 1. The predicted octanol–water partition coefficient (Wildman–Crippen LogP) is 2.14. The lowest BCUT2D eigenvalue weighted by molar-refractivity contribution is -0.134. The molecule has 1 N–H and O–H groups in total. The van der Waals surface area contributed by atoms with Crippen LogP contribution in [0, 0.1) is 0 Å². The minimum atomic E-state index is -3.10. The minimum Gasteiger partial charge on any atom is -0.375 e. The molecule has 1 aromatic heterocycles. The normalized spacial score (nSPS) is 20.4. The summed E-state index contributed by atoms with van der Waals surface area (Å²) in [6.07, 6.45) is 7.04. The molecule has 7 nitrogen and oxygen atoms in total. The molecule has 0 atom stereocenters. The molecule has 0 bridgehead atoms. The number of piperidine rings is 2. The van der Waals surface area contributed by atoms with Gasteiger partial charge in [0, 0.05) is 43.3 Å². The van der Waals surface area contributed by atoms with Crippen LogP contribution in [0.1, 0.15) is 31.2 Å². The van der Waals surface area contributed by atoms with Gasteiger partial charge in [0.15, 0.2) is 0 Å². The summed E-state index contributed by atoms with van der Waals surface area (Å²) in [6, 6.07) is 8.05. The highest BCUT2D eigenvalue weighted by Gasteiger charge is 2.29. The number of benzene rings is 1. The van der Waals surface area contributed by atoms with Crippen molar-refractivity contribution in [1.29, 1.82) is 0 Å². The zero-order valence-corrected chi connectivity index (χ0v) is 17.7. The first kappa shape index (κ1) is 20.4. The Morgan fingerprint density at radius 1 is 1.07 bits per heavy atom. The predicted molar refractivity (Wildman–Crippen MR) is 112 cm³/mol. The number of rotatable bonds is 5. The summed E-state index contributed by atoms with van der Waals surface area (Å²) in [4.78, 5) is 17.9. The Bertz CT molecular complexity index is 955. The number of aromatic nitrogens is 1. The molecular formula is C21H29N3O4S. The molecule has 0 unspecified atom stereocenters. The molecule has 4 rings (SSSR count). The number of H-pyrrole nitrogens is 1. The number of aromatic amines is 1. The summed E-state index contributed by atoms with van der Waals surface area (Å²) in [5, 5.41) is 1.11. The molecule has 0 aliphatic carbocycles. The van der Waals surface area contributed by atoms with Crippen molar-refractivity contribution in [3.05, 3.63) is 36.0 Å². The first-order valence-electron chi connectivity index (χ1n) is 10.3. The highest BCUT2D eigenvalue weighted by atomic mass is 32.2. The number of sulfonamides is 1. The van der Waals surface area contributed by atoms with Crippen LogP contribution in [-0.2, 0) is 26.0 Å². The third-order valence-corrected chi connectivity index (χ3v) is 7.37. The Kier molecular flexibility index (Phi) is 5.94. The van der Waals surface area contributed by atoms with E-state index < -0.39 is 10.0 Å². The van der Waals surface area contributed by atoms with Crippen molar-refractivity contribution in [3.63, 3.8) is 0 Å². The van der Waals surface area contributed by atoms with E-state index in [4.69, 9.17) is 4.74 Å². The van der Waals surface area contributed by atoms with Crippen LogP contribution in [0.5, 0.6) is 0 Å². The van der Waals surface area contributed by atoms with E-state index in [-0.39, 0.29) is 18.1 Å². The van der Waals surface area contributed by atoms with E-state index in [1.807, 2.05) is 35.4 Å². The van der Waals surface area contributed by atoms with Gasteiger partial charge in [0.2, 0.25) is 15.9 Å². The van der Waals surface area contributed by atoms with Crippen molar-refractivity contribution < 1.29 is 17.9 Å². The summed E-state index contributed by atoms with van der Waals surface area (Å²) in [6.45, 7) is 2.50. The number of likely N-dealkylation sites (tertiary alicyclic amines) is 1. The summed E-state index contributed by atoms with van der Waals surface area (Å²) in [7, 11) is -3.10. The van der Waals surface area contributed by atoms with Gasteiger partial charge in [-0.1, -0.05) is 18.2 Å². The lowest BCUT2D eigenvalue weighted by Crippen LogP contribution is -2.45. The Labute approximate surface area is 172 Å². The third kappa shape index (κ3) is 4.82. The zero-order chi connectivity index (χ0) is 20.4. The number of ether oxygens (including phenoxy) is 1. The van der Waals surface area contributed by atoms with Crippen molar-refractivity contribution in [2.24, 2.45) is 0 Å². The maximum Gasteiger partial charge on any atom is 0.227 e. The fourth-order valence-corrected chi connectivity index (χ4v) is 5.24. The second-order valence-electron chi connectivity index (χ2n) is 8.11. The van der Waals surface area contributed by atoms with Gasteiger partial charge in [-0.3, -0.25) is 4.79 Å². The number of amides is 1. The molecule has 3 heterocycles. The number of nitrogens with zero attached hydrogens (tertiary/aromatic N) is 2. The van der Waals surface area contributed by atoms with Crippen LogP contribution in [0.15, 0.2) is 30.5 Å². The van der Waals surface area contributed by atoms with Crippen molar-refractivity contribution in [2.75, 3.05) is 32.4 Å². The largest absolute Gasteiger partial charge is 0.375 e. The van der Waals surface area contributed by atoms with Gasteiger partial charge in [-0.25, -0.2) is 12.7 Å². The van der Waals surface area contributed by atoms with Crippen LogP contribution >= 0.6 is 0 Å². The zero-order valence-electron chi connectivity index (χ0n) is 16.8. The Morgan fingerprint density at radius 3 is 2.34 bits per heavy atom. The van der Waals surface area contributed by atoms with Crippen molar-refractivity contribution in [2.45, 2.75) is 44.3 Å². The van der Waals surface area contributed by atoms with E-state index in [0.717, 1.165) is 42.1 Å². The second-order valence-corrected chi connectivity index (χ2v) is 10.1.